The second-order valence-corrected chi connectivity index (χ2v) is 5.40. The minimum absolute atomic E-state index is 0.107. The van der Waals surface area contributed by atoms with Gasteiger partial charge >= 0.3 is 12.0 Å². The van der Waals surface area contributed by atoms with Gasteiger partial charge in [0.2, 0.25) is 0 Å². The van der Waals surface area contributed by atoms with Crippen molar-refractivity contribution < 1.29 is 14.7 Å². The molecular weight excluding hydrogens is 268 g/mol. The molecule has 1 rings (SSSR count). The average molecular weight is 292 g/mol. The lowest BCUT2D eigenvalue weighted by atomic mass is 10.0. The summed E-state index contributed by atoms with van der Waals surface area (Å²) in [7, 11) is 1.76. The van der Waals surface area contributed by atoms with Gasteiger partial charge in [0, 0.05) is 26.6 Å². The van der Waals surface area contributed by atoms with Gasteiger partial charge in [0.1, 0.15) is 0 Å². The summed E-state index contributed by atoms with van der Waals surface area (Å²) in [5.74, 6) is -0.477. The first-order valence-corrected chi connectivity index (χ1v) is 7.23. The molecule has 1 atom stereocenters. The molecule has 21 heavy (non-hydrogen) atoms. The highest BCUT2D eigenvalue weighted by Gasteiger charge is 2.10. The molecule has 1 aromatic rings. The maximum Gasteiger partial charge on any atom is 0.317 e. The molecule has 2 amide bonds. The SMILES string of the molecule is CC(CCNC(=O)N(C)Cc1ccccc1)CCC(=O)O. The van der Waals surface area contributed by atoms with E-state index in [1.165, 1.54) is 0 Å². The number of urea groups is 1. The third-order valence-electron chi connectivity index (χ3n) is 3.37. The van der Waals surface area contributed by atoms with Crippen LogP contribution in [0.3, 0.4) is 0 Å². The van der Waals surface area contributed by atoms with Crippen molar-refractivity contribution in [1.29, 1.82) is 0 Å². The third-order valence-corrected chi connectivity index (χ3v) is 3.37. The largest absolute Gasteiger partial charge is 0.481 e. The van der Waals surface area contributed by atoms with Crippen LogP contribution in [-0.2, 0) is 11.3 Å². The summed E-state index contributed by atoms with van der Waals surface area (Å²) >= 11 is 0. The number of carbonyl (C=O) groups is 2. The van der Waals surface area contributed by atoms with Gasteiger partial charge in [-0.05, 0) is 24.3 Å². The van der Waals surface area contributed by atoms with Crippen LogP contribution in [0.5, 0.6) is 0 Å². The van der Waals surface area contributed by atoms with Gasteiger partial charge in [0.05, 0.1) is 0 Å². The first-order valence-electron chi connectivity index (χ1n) is 7.23. The lowest BCUT2D eigenvalue weighted by molar-refractivity contribution is -0.137. The zero-order valence-corrected chi connectivity index (χ0v) is 12.7. The molecule has 2 N–H and O–H groups in total. The first-order chi connectivity index (χ1) is 9.99. The average Bonchev–Trinajstić information content (AvgIpc) is 2.46. The van der Waals surface area contributed by atoms with Crippen LogP contribution >= 0.6 is 0 Å². The fraction of sp³-hybridized carbons (Fsp3) is 0.500. The molecule has 0 saturated carbocycles. The molecule has 1 unspecified atom stereocenters. The van der Waals surface area contributed by atoms with E-state index in [0.29, 0.717) is 25.4 Å². The molecule has 1 aromatic carbocycles. The van der Waals surface area contributed by atoms with E-state index >= 15 is 0 Å². The third kappa shape index (κ3) is 7.34. The highest BCUT2D eigenvalue weighted by atomic mass is 16.4. The van der Waals surface area contributed by atoms with Crippen LogP contribution in [0, 0.1) is 5.92 Å². The highest BCUT2D eigenvalue weighted by Crippen LogP contribution is 2.09. The van der Waals surface area contributed by atoms with Crippen molar-refractivity contribution in [2.24, 2.45) is 5.92 Å². The number of nitrogens with zero attached hydrogens (tertiary/aromatic N) is 1. The Morgan fingerprint density at radius 3 is 2.52 bits per heavy atom. The Morgan fingerprint density at radius 2 is 1.90 bits per heavy atom. The summed E-state index contributed by atoms with van der Waals surface area (Å²) in [6, 6.07) is 9.71. The quantitative estimate of drug-likeness (QED) is 0.774. The molecule has 5 heteroatoms. The van der Waals surface area contributed by atoms with Gasteiger partial charge in [-0.3, -0.25) is 4.79 Å². The molecule has 0 aromatic heterocycles. The van der Waals surface area contributed by atoms with Gasteiger partial charge in [0.25, 0.3) is 0 Å². The van der Waals surface area contributed by atoms with E-state index in [9.17, 15) is 9.59 Å². The number of carbonyl (C=O) groups excluding carboxylic acids is 1. The van der Waals surface area contributed by atoms with E-state index in [2.05, 4.69) is 5.32 Å². The summed E-state index contributed by atoms with van der Waals surface area (Å²) in [4.78, 5) is 24.0. The van der Waals surface area contributed by atoms with E-state index in [1.54, 1.807) is 11.9 Å². The topological polar surface area (TPSA) is 69.6 Å². The Kier molecular flexibility index (Phi) is 7.29. The van der Waals surface area contributed by atoms with Crippen molar-refractivity contribution in [1.82, 2.24) is 10.2 Å². The number of aliphatic carboxylic acids is 1. The summed E-state index contributed by atoms with van der Waals surface area (Å²) < 4.78 is 0. The van der Waals surface area contributed by atoms with Crippen molar-refractivity contribution in [2.75, 3.05) is 13.6 Å². The van der Waals surface area contributed by atoms with E-state index in [4.69, 9.17) is 5.11 Å². The molecule has 0 bridgehead atoms. The van der Waals surface area contributed by atoms with Crippen molar-refractivity contribution in [2.45, 2.75) is 32.7 Å². The minimum atomic E-state index is -0.770. The number of amides is 2. The van der Waals surface area contributed by atoms with Gasteiger partial charge in [-0.15, -0.1) is 0 Å². The Labute approximate surface area is 126 Å². The van der Waals surface area contributed by atoms with Crippen LogP contribution in [-0.4, -0.2) is 35.6 Å². The number of benzene rings is 1. The Hall–Kier alpha value is -2.04. The van der Waals surface area contributed by atoms with Crippen molar-refractivity contribution >= 4 is 12.0 Å². The first kappa shape index (κ1) is 17.0. The Bertz CT molecular complexity index is 448. The van der Waals surface area contributed by atoms with Crippen LogP contribution in [0.15, 0.2) is 30.3 Å². The minimum Gasteiger partial charge on any atom is -0.481 e. The zero-order valence-electron chi connectivity index (χ0n) is 12.7. The molecule has 0 aliphatic rings. The van der Waals surface area contributed by atoms with E-state index in [-0.39, 0.29) is 12.5 Å². The molecule has 0 fully saturated rings. The molecule has 0 aliphatic heterocycles. The van der Waals surface area contributed by atoms with Gasteiger partial charge < -0.3 is 15.3 Å². The number of carboxylic acids is 1. The molecular formula is C16H24N2O3. The van der Waals surface area contributed by atoms with E-state index < -0.39 is 5.97 Å². The van der Waals surface area contributed by atoms with Crippen molar-refractivity contribution in [3.63, 3.8) is 0 Å². The number of rotatable bonds is 8. The van der Waals surface area contributed by atoms with Crippen molar-refractivity contribution in [3.8, 4) is 0 Å². The van der Waals surface area contributed by atoms with E-state index in [1.807, 2.05) is 37.3 Å². The zero-order chi connectivity index (χ0) is 15.7. The van der Waals surface area contributed by atoms with Crippen LogP contribution in [0.4, 0.5) is 4.79 Å². The molecule has 0 spiro atoms. The number of hydrogen-bond acceptors (Lipinski definition) is 2. The second kappa shape index (κ2) is 9.00. The summed E-state index contributed by atoms with van der Waals surface area (Å²) in [6.07, 6.45) is 1.62. The van der Waals surface area contributed by atoms with Gasteiger partial charge in [0.15, 0.2) is 0 Å². The predicted molar refractivity (Wildman–Crippen MR) is 82.0 cm³/mol. The molecule has 5 nitrogen and oxygen atoms in total. The van der Waals surface area contributed by atoms with E-state index in [0.717, 1.165) is 12.0 Å². The molecule has 0 aliphatic carbocycles. The Balaban J connectivity index is 2.22. The fourth-order valence-corrected chi connectivity index (χ4v) is 2.00. The Morgan fingerprint density at radius 1 is 1.24 bits per heavy atom. The normalized spacial score (nSPS) is 11.7. The fourth-order valence-electron chi connectivity index (χ4n) is 2.00. The van der Waals surface area contributed by atoms with Crippen LogP contribution in [0.25, 0.3) is 0 Å². The summed E-state index contributed by atoms with van der Waals surface area (Å²) in [5.41, 5.74) is 1.09. The molecule has 0 radical (unpaired) electrons. The molecule has 116 valence electrons. The summed E-state index contributed by atoms with van der Waals surface area (Å²) in [5, 5.41) is 11.5. The lowest BCUT2D eigenvalue weighted by Gasteiger charge is -2.19. The summed E-state index contributed by atoms with van der Waals surface area (Å²) in [6.45, 7) is 3.14. The standard InChI is InChI=1S/C16H24N2O3/c1-13(8-9-15(19)20)10-11-17-16(21)18(2)12-14-6-4-3-5-7-14/h3-7,13H,8-12H2,1-2H3,(H,17,21)(H,19,20). The van der Waals surface area contributed by atoms with Crippen LogP contribution < -0.4 is 5.32 Å². The number of hydrogen-bond donors (Lipinski definition) is 2. The smallest absolute Gasteiger partial charge is 0.317 e. The predicted octanol–water partition coefficient (Wildman–Crippen LogP) is 2.72. The number of carboxylic acid groups (broad SMARTS) is 1. The highest BCUT2D eigenvalue weighted by molar-refractivity contribution is 5.73. The maximum absolute atomic E-state index is 11.9. The maximum atomic E-state index is 11.9. The second-order valence-electron chi connectivity index (χ2n) is 5.40. The lowest BCUT2D eigenvalue weighted by Crippen LogP contribution is -2.37. The van der Waals surface area contributed by atoms with Gasteiger partial charge in [-0.25, -0.2) is 4.79 Å². The van der Waals surface area contributed by atoms with Gasteiger partial charge in [-0.1, -0.05) is 37.3 Å². The van der Waals surface area contributed by atoms with Crippen LogP contribution in [0.2, 0.25) is 0 Å². The molecule has 0 saturated heterocycles. The van der Waals surface area contributed by atoms with Crippen LogP contribution in [0.1, 0.15) is 31.7 Å². The number of nitrogens with one attached hydrogen (secondary N) is 1. The van der Waals surface area contributed by atoms with Crippen molar-refractivity contribution in [3.05, 3.63) is 35.9 Å². The molecule has 0 heterocycles. The monoisotopic (exact) mass is 292 g/mol. The van der Waals surface area contributed by atoms with Gasteiger partial charge in [-0.2, -0.15) is 0 Å².